The number of rotatable bonds is 6. The second-order valence-corrected chi connectivity index (χ2v) is 4.90. The molecule has 110 valence electrons. The molecule has 0 heterocycles. The number of carbonyl (C=O) groups excluding carboxylic acids is 1. The van der Waals surface area contributed by atoms with Gasteiger partial charge in [-0.1, -0.05) is 31.9 Å². The lowest BCUT2D eigenvalue weighted by molar-refractivity contribution is 0.0697. The van der Waals surface area contributed by atoms with Crippen LogP contribution in [0.2, 0.25) is 5.02 Å². The number of amides is 2. The van der Waals surface area contributed by atoms with E-state index in [0.29, 0.717) is 5.02 Å². The van der Waals surface area contributed by atoms with Crippen molar-refractivity contribution in [3.8, 4) is 0 Å². The molecule has 0 saturated heterocycles. The van der Waals surface area contributed by atoms with Crippen molar-refractivity contribution in [2.24, 2.45) is 0 Å². The summed E-state index contributed by atoms with van der Waals surface area (Å²) in [6.45, 7) is 4.05. The van der Waals surface area contributed by atoms with Gasteiger partial charge in [-0.3, -0.25) is 0 Å². The van der Waals surface area contributed by atoms with Crippen molar-refractivity contribution in [1.82, 2.24) is 5.32 Å². The van der Waals surface area contributed by atoms with E-state index < -0.39 is 5.97 Å². The topological polar surface area (TPSA) is 78.4 Å². The van der Waals surface area contributed by atoms with Crippen LogP contribution in [0.15, 0.2) is 18.2 Å². The third-order valence-electron chi connectivity index (χ3n) is 2.93. The van der Waals surface area contributed by atoms with Crippen LogP contribution in [-0.2, 0) is 0 Å². The van der Waals surface area contributed by atoms with E-state index in [1.807, 2.05) is 6.92 Å². The predicted molar refractivity (Wildman–Crippen MR) is 79.6 cm³/mol. The molecule has 0 aliphatic heterocycles. The van der Waals surface area contributed by atoms with Crippen LogP contribution in [0.1, 0.15) is 43.5 Å². The Balaban J connectivity index is 2.74. The number of nitrogens with one attached hydrogen (secondary N) is 2. The lowest BCUT2D eigenvalue weighted by atomic mass is 10.1. The summed E-state index contributed by atoms with van der Waals surface area (Å²) in [6.07, 6.45) is 2.71. The molecule has 1 rings (SSSR count). The average Bonchev–Trinajstić information content (AvgIpc) is 2.40. The molecule has 2 amide bonds. The van der Waals surface area contributed by atoms with Gasteiger partial charge in [0.15, 0.2) is 0 Å². The summed E-state index contributed by atoms with van der Waals surface area (Å²) in [4.78, 5) is 22.7. The lowest BCUT2D eigenvalue weighted by Crippen LogP contribution is -2.37. The summed E-state index contributed by atoms with van der Waals surface area (Å²) in [5, 5.41) is 14.6. The molecule has 0 bridgehead atoms. The number of carboxylic acid groups (broad SMARTS) is 1. The summed E-state index contributed by atoms with van der Waals surface area (Å²) in [5.74, 6) is -1.07. The van der Waals surface area contributed by atoms with E-state index in [-0.39, 0.29) is 23.3 Å². The van der Waals surface area contributed by atoms with Crippen LogP contribution in [0.3, 0.4) is 0 Å². The van der Waals surface area contributed by atoms with E-state index in [4.69, 9.17) is 16.7 Å². The first-order valence-electron chi connectivity index (χ1n) is 6.58. The average molecular weight is 299 g/mol. The minimum atomic E-state index is -1.07. The van der Waals surface area contributed by atoms with Crippen molar-refractivity contribution in [1.29, 1.82) is 0 Å². The summed E-state index contributed by atoms with van der Waals surface area (Å²) in [6, 6.07) is 3.89. The number of hydrogen-bond donors (Lipinski definition) is 3. The molecule has 0 radical (unpaired) electrons. The Morgan fingerprint density at radius 3 is 2.60 bits per heavy atom. The molecule has 6 heteroatoms. The monoisotopic (exact) mass is 298 g/mol. The maximum Gasteiger partial charge on any atom is 0.335 e. The zero-order valence-corrected chi connectivity index (χ0v) is 12.3. The molecule has 3 N–H and O–H groups in total. The summed E-state index contributed by atoms with van der Waals surface area (Å²) in [7, 11) is 0. The number of urea groups is 1. The second kappa shape index (κ2) is 7.75. The molecule has 0 aliphatic rings. The Morgan fingerprint density at radius 1 is 1.35 bits per heavy atom. The van der Waals surface area contributed by atoms with Crippen LogP contribution in [0.4, 0.5) is 10.5 Å². The van der Waals surface area contributed by atoms with Crippen molar-refractivity contribution in [3.05, 3.63) is 28.8 Å². The SMILES string of the molecule is CCCC(CC)NC(=O)Nc1cc(C(=O)O)ccc1Cl. The Labute approximate surface area is 123 Å². The van der Waals surface area contributed by atoms with Crippen LogP contribution < -0.4 is 10.6 Å². The fraction of sp³-hybridized carbons (Fsp3) is 0.429. The Bertz CT molecular complexity index is 491. The van der Waals surface area contributed by atoms with Crippen molar-refractivity contribution in [2.75, 3.05) is 5.32 Å². The quantitative estimate of drug-likeness (QED) is 0.748. The fourth-order valence-electron chi connectivity index (χ4n) is 1.82. The van der Waals surface area contributed by atoms with Gasteiger partial charge in [-0.15, -0.1) is 0 Å². The standard InChI is InChI=1S/C14H19ClN2O3/c1-3-5-10(4-2)16-14(20)17-12-8-9(13(18)19)6-7-11(12)15/h6-8,10H,3-5H2,1-2H3,(H,18,19)(H2,16,17,20). The molecular formula is C14H19ClN2O3. The van der Waals surface area contributed by atoms with Crippen molar-refractivity contribution < 1.29 is 14.7 Å². The third kappa shape index (κ3) is 4.74. The zero-order chi connectivity index (χ0) is 15.1. The number of aromatic carboxylic acids is 1. The molecule has 0 aliphatic carbocycles. The van der Waals surface area contributed by atoms with E-state index in [9.17, 15) is 9.59 Å². The van der Waals surface area contributed by atoms with Crippen LogP contribution in [0.25, 0.3) is 0 Å². The fourth-order valence-corrected chi connectivity index (χ4v) is 1.99. The van der Waals surface area contributed by atoms with Gasteiger partial charge < -0.3 is 15.7 Å². The first-order valence-corrected chi connectivity index (χ1v) is 6.96. The highest BCUT2D eigenvalue weighted by molar-refractivity contribution is 6.33. The molecule has 20 heavy (non-hydrogen) atoms. The van der Waals surface area contributed by atoms with Gasteiger partial charge in [0, 0.05) is 6.04 Å². The Hall–Kier alpha value is -1.75. The zero-order valence-electron chi connectivity index (χ0n) is 11.6. The van der Waals surface area contributed by atoms with Gasteiger partial charge in [0.25, 0.3) is 0 Å². The molecule has 1 aromatic carbocycles. The first kappa shape index (κ1) is 16.3. The van der Waals surface area contributed by atoms with Gasteiger partial charge in [0.05, 0.1) is 16.3 Å². The Kier molecular flexibility index (Phi) is 6.31. The second-order valence-electron chi connectivity index (χ2n) is 4.49. The van der Waals surface area contributed by atoms with E-state index in [2.05, 4.69) is 17.6 Å². The van der Waals surface area contributed by atoms with Gasteiger partial charge in [-0.25, -0.2) is 9.59 Å². The van der Waals surface area contributed by atoms with E-state index in [0.717, 1.165) is 19.3 Å². The Morgan fingerprint density at radius 2 is 2.05 bits per heavy atom. The largest absolute Gasteiger partial charge is 0.478 e. The number of carbonyl (C=O) groups is 2. The maximum absolute atomic E-state index is 11.9. The number of hydrogen-bond acceptors (Lipinski definition) is 2. The summed E-state index contributed by atoms with van der Waals surface area (Å²) in [5.41, 5.74) is 0.362. The van der Waals surface area contributed by atoms with Gasteiger partial charge in [-0.05, 0) is 31.0 Å². The molecule has 0 spiro atoms. The number of benzene rings is 1. The summed E-state index contributed by atoms with van der Waals surface area (Å²) < 4.78 is 0. The number of halogens is 1. The molecular weight excluding hydrogens is 280 g/mol. The van der Waals surface area contributed by atoms with E-state index in [1.165, 1.54) is 18.2 Å². The van der Waals surface area contributed by atoms with E-state index in [1.54, 1.807) is 0 Å². The highest BCUT2D eigenvalue weighted by Crippen LogP contribution is 2.23. The number of anilines is 1. The normalized spacial score (nSPS) is 11.8. The molecule has 0 fully saturated rings. The third-order valence-corrected chi connectivity index (χ3v) is 3.26. The highest BCUT2D eigenvalue weighted by atomic mass is 35.5. The van der Waals surface area contributed by atoms with Gasteiger partial charge in [0.1, 0.15) is 0 Å². The molecule has 1 aromatic rings. The maximum atomic E-state index is 11.9. The highest BCUT2D eigenvalue weighted by Gasteiger charge is 2.12. The smallest absolute Gasteiger partial charge is 0.335 e. The van der Waals surface area contributed by atoms with Gasteiger partial charge in [0.2, 0.25) is 0 Å². The molecule has 1 atom stereocenters. The first-order chi connectivity index (χ1) is 9.47. The van der Waals surface area contributed by atoms with Crippen LogP contribution >= 0.6 is 11.6 Å². The molecule has 1 unspecified atom stereocenters. The van der Waals surface area contributed by atoms with Crippen LogP contribution in [0, 0.1) is 0 Å². The van der Waals surface area contributed by atoms with Crippen LogP contribution in [-0.4, -0.2) is 23.1 Å². The molecule has 5 nitrogen and oxygen atoms in total. The minimum absolute atomic E-state index is 0.0744. The molecule has 0 aromatic heterocycles. The van der Waals surface area contributed by atoms with E-state index >= 15 is 0 Å². The van der Waals surface area contributed by atoms with Crippen molar-refractivity contribution in [3.63, 3.8) is 0 Å². The van der Waals surface area contributed by atoms with Gasteiger partial charge in [-0.2, -0.15) is 0 Å². The van der Waals surface area contributed by atoms with Crippen molar-refractivity contribution >= 4 is 29.3 Å². The molecule has 0 saturated carbocycles. The summed E-state index contributed by atoms with van der Waals surface area (Å²) >= 11 is 5.94. The lowest BCUT2D eigenvalue weighted by Gasteiger charge is -2.17. The van der Waals surface area contributed by atoms with Crippen LogP contribution in [0.5, 0.6) is 0 Å². The van der Waals surface area contributed by atoms with Gasteiger partial charge >= 0.3 is 12.0 Å². The minimum Gasteiger partial charge on any atom is -0.478 e. The predicted octanol–water partition coefficient (Wildman–Crippen LogP) is 3.74. The van der Waals surface area contributed by atoms with Crippen molar-refractivity contribution in [2.45, 2.75) is 39.2 Å². The number of carboxylic acids is 1.